The Hall–Kier alpha value is -2.17. The van der Waals surface area contributed by atoms with Crippen molar-refractivity contribution < 1.29 is 4.79 Å². The minimum Gasteiger partial charge on any atom is -0.308 e. The van der Waals surface area contributed by atoms with Crippen LogP contribution < -0.4 is 4.90 Å². The molecule has 0 aliphatic heterocycles. The monoisotopic (exact) mass is 216 g/mol. The largest absolute Gasteiger partial charge is 0.308 e. The van der Waals surface area contributed by atoms with Crippen molar-refractivity contribution in [2.75, 3.05) is 11.9 Å². The Morgan fingerprint density at radius 2 is 2.12 bits per heavy atom. The maximum Gasteiger partial charge on any atom is 0.295 e. The molecule has 0 radical (unpaired) electrons. The minimum atomic E-state index is -0.202. The van der Waals surface area contributed by atoms with Gasteiger partial charge in [-0.3, -0.25) is 9.89 Å². The number of benzene rings is 1. The van der Waals surface area contributed by atoms with Crippen LogP contribution in [0.15, 0.2) is 30.6 Å². The van der Waals surface area contributed by atoms with E-state index in [4.69, 9.17) is 0 Å². The summed E-state index contributed by atoms with van der Waals surface area (Å²) >= 11 is 0. The summed E-state index contributed by atoms with van der Waals surface area (Å²) in [6.07, 6.45) is 1.32. The highest BCUT2D eigenvalue weighted by atomic mass is 16.2. The van der Waals surface area contributed by atoms with Gasteiger partial charge < -0.3 is 4.90 Å². The van der Waals surface area contributed by atoms with E-state index < -0.39 is 0 Å². The first kappa shape index (κ1) is 10.4. The van der Waals surface area contributed by atoms with E-state index in [2.05, 4.69) is 15.2 Å². The molecule has 0 spiro atoms. The van der Waals surface area contributed by atoms with Crippen LogP contribution in [-0.4, -0.2) is 28.1 Å². The molecule has 1 N–H and O–H groups in total. The second kappa shape index (κ2) is 4.14. The number of amides is 1. The SMILES string of the molecule is Cc1ccccc1N(C)C(=O)c1ncn[nH]1. The third kappa shape index (κ3) is 1.79. The van der Waals surface area contributed by atoms with Gasteiger partial charge >= 0.3 is 0 Å². The number of rotatable bonds is 2. The van der Waals surface area contributed by atoms with Crippen molar-refractivity contribution in [2.45, 2.75) is 6.92 Å². The molecule has 2 aromatic rings. The summed E-state index contributed by atoms with van der Waals surface area (Å²) in [4.78, 5) is 17.3. The number of carbonyl (C=O) groups is 1. The standard InChI is InChI=1S/C11H12N4O/c1-8-5-3-4-6-9(8)15(2)11(16)10-12-7-13-14-10/h3-7H,1-2H3,(H,12,13,14). The number of hydrogen-bond acceptors (Lipinski definition) is 3. The molecular weight excluding hydrogens is 204 g/mol. The zero-order chi connectivity index (χ0) is 11.5. The van der Waals surface area contributed by atoms with Crippen molar-refractivity contribution in [3.8, 4) is 0 Å². The van der Waals surface area contributed by atoms with Crippen molar-refractivity contribution in [1.82, 2.24) is 15.2 Å². The van der Waals surface area contributed by atoms with Crippen LogP contribution in [0.4, 0.5) is 5.69 Å². The summed E-state index contributed by atoms with van der Waals surface area (Å²) in [5, 5.41) is 6.21. The molecule has 0 saturated carbocycles. The third-order valence-electron chi connectivity index (χ3n) is 2.40. The molecule has 0 aliphatic rings. The molecule has 0 saturated heterocycles. The molecule has 0 fully saturated rings. The zero-order valence-electron chi connectivity index (χ0n) is 9.14. The molecule has 0 atom stereocenters. The fraction of sp³-hybridized carbons (Fsp3) is 0.182. The summed E-state index contributed by atoms with van der Waals surface area (Å²) in [7, 11) is 1.72. The van der Waals surface area contributed by atoms with Crippen LogP contribution in [0, 0.1) is 6.92 Å². The van der Waals surface area contributed by atoms with Crippen LogP contribution in [0.2, 0.25) is 0 Å². The fourth-order valence-electron chi connectivity index (χ4n) is 1.52. The van der Waals surface area contributed by atoms with Gasteiger partial charge in [0.2, 0.25) is 5.82 Å². The summed E-state index contributed by atoms with van der Waals surface area (Å²) in [5.41, 5.74) is 1.90. The molecule has 5 nitrogen and oxygen atoms in total. The summed E-state index contributed by atoms with van der Waals surface area (Å²) in [5.74, 6) is 0.0394. The highest BCUT2D eigenvalue weighted by molar-refractivity contribution is 6.03. The van der Waals surface area contributed by atoms with Gasteiger partial charge in [-0.05, 0) is 18.6 Å². The molecular formula is C11H12N4O. The normalized spacial score (nSPS) is 10.1. The topological polar surface area (TPSA) is 61.9 Å². The van der Waals surface area contributed by atoms with Crippen LogP contribution in [0.1, 0.15) is 16.2 Å². The minimum absolute atomic E-state index is 0.202. The Labute approximate surface area is 93.1 Å². The number of aromatic amines is 1. The third-order valence-corrected chi connectivity index (χ3v) is 2.40. The fourth-order valence-corrected chi connectivity index (χ4v) is 1.52. The van der Waals surface area contributed by atoms with Crippen LogP contribution in [0.5, 0.6) is 0 Å². The molecule has 5 heteroatoms. The maximum atomic E-state index is 12.0. The van der Waals surface area contributed by atoms with Crippen molar-refractivity contribution in [1.29, 1.82) is 0 Å². The van der Waals surface area contributed by atoms with Gasteiger partial charge in [-0.25, -0.2) is 4.98 Å². The molecule has 1 aromatic heterocycles. The quantitative estimate of drug-likeness (QED) is 0.825. The van der Waals surface area contributed by atoms with Crippen molar-refractivity contribution in [3.05, 3.63) is 42.0 Å². The second-order valence-corrected chi connectivity index (χ2v) is 3.48. The van der Waals surface area contributed by atoms with Crippen molar-refractivity contribution in [3.63, 3.8) is 0 Å². The number of anilines is 1. The van der Waals surface area contributed by atoms with Crippen molar-refractivity contribution in [2.24, 2.45) is 0 Å². The Balaban J connectivity index is 2.30. The zero-order valence-corrected chi connectivity index (χ0v) is 9.14. The number of aromatic nitrogens is 3. The molecule has 1 heterocycles. The molecule has 0 bridgehead atoms. The van der Waals surface area contributed by atoms with Crippen LogP contribution in [-0.2, 0) is 0 Å². The lowest BCUT2D eigenvalue weighted by Crippen LogP contribution is -2.27. The van der Waals surface area contributed by atoms with Gasteiger partial charge in [0, 0.05) is 12.7 Å². The average molecular weight is 216 g/mol. The van der Waals surface area contributed by atoms with E-state index in [9.17, 15) is 4.79 Å². The molecule has 1 aromatic carbocycles. The number of aryl methyl sites for hydroxylation is 1. The van der Waals surface area contributed by atoms with Gasteiger partial charge in [0.15, 0.2) is 0 Å². The van der Waals surface area contributed by atoms with Gasteiger partial charge in [-0.1, -0.05) is 18.2 Å². The van der Waals surface area contributed by atoms with Gasteiger partial charge in [0.1, 0.15) is 6.33 Å². The van der Waals surface area contributed by atoms with E-state index in [0.717, 1.165) is 11.3 Å². The highest BCUT2D eigenvalue weighted by Gasteiger charge is 2.16. The summed E-state index contributed by atoms with van der Waals surface area (Å²) in [6, 6.07) is 7.68. The maximum absolute atomic E-state index is 12.0. The van der Waals surface area contributed by atoms with E-state index in [-0.39, 0.29) is 11.7 Å². The van der Waals surface area contributed by atoms with E-state index >= 15 is 0 Å². The number of hydrogen-bond donors (Lipinski definition) is 1. The summed E-state index contributed by atoms with van der Waals surface area (Å²) < 4.78 is 0. The Morgan fingerprint density at radius 3 is 2.75 bits per heavy atom. The first-order valence-corrected chi connectivity index (χ1v) is 4.89. The van der Waals surface area contributed by atoms with E-state index in [1.54, 1.807) is 11.9 Å². The Bertz CT molecular complexity index is 492. The van der Waals surface area contributed by atoms with Crippen LogP contribution >= 0.6 is 0 Å². The number of nitrogens with zero attached hydrogens (tertiary/aromatic N) is 3. The van der Waals surface area contributed by atoms with Gasteiger partial charge in [-0.15, -0.1) is 0 Å². The van der Waals surface area contributed by atoms with Crippen LogP contribution in [0.25, 0.3) is 0 Å². The van der Waals surface area contributed by atoms with Gasteiger partial charge in [-0.2, -0.15) is 5.10 Å². The number of nitrogens with one attached hydrogen (secondary N) is 1. The lowest BCUT2D eigenvalue weighted by Gasteiger charge is -2.17. The molecule has 16 heavy (non-hydrogen) atoms. The predicted octanol–water partition coefficient (Wildman–Crippen LogP) is 1.39. The first-order chi connectivity index (χ1) is 7.70. The molecule has 1 amide bonds. The van der Waals surface area contributed by atoms with Crippen LogP contribution in [0.3, 0.4) is 0 Å². The second-order valence-electron chi connectivity index (χ2n) is 3.48. The summed E-state index contributed by atoms with van der Waals surface area (Å²) in [6.45, 7) is 1.96. The number of carbonyl (C=O) groups excluding carboxylic acids is 1. The smallest absolute Gasteiger partial charge is 0.295 e. The van der Waals surface area contributed by atoms with Gasteiger partial charge in [0.25, 0.3) is 5.91 Å². The Kier molecular flexibility index (Phi) is 2.68. The van der Waals surface area contributed by atoms with E-state index in [1.807, 2.05) is 31.2 Å². The predicted molar refractivity (Wildman–Crippen MR) is 60.3 cm³/mol. The molecule has 0 aliphatic carbocycles. The lowest BCUT2D eigenvalue weighted by atomic mass is 10.2. The highest BCUT2D eigenvalue weighted by Crippen LogP contribution is 2.18. The Morgan fingerprint density at radius 1 is 1.38 bits per heavy atom. The number of para-hydroxylation sites is 1. The van der Waals surface area contributed by atoms with Crippen molar-refractivity contribution >= 4 is 11.6 Å². The molecule has 0 unspecified atom stereocenters. The number of H-pyrrole nitrogens is 1. The molecule has 82 valence electrons. The first-order valence-electron chi connectivity index (χ1n) is 4.89. The average Bonchev–Trinajstić information content (AvgIpc) is 2.81. The van der Waals surface area contributed by atoms with Gasteiger partial charge in [0.05, 0.1) is 0 Å². The lowest BCUT2D eigenvalue weighted by molar-refractivity contribution is 0.0983. The van der Waals surface area contributed by atoms with E-state index in [1.165, 1.54) is 6.33 Å². The van der Waals surface area contributed by atoms with E-state index in [0.29, 0.717) is 0 Å². The molecule has 2 rings (SSSR count).